The van der Waals surface area contributed by atoms with Crippen molar-refractivity contribution in [1.29, 1.82) is 0 Å². The van der Waals surface area contributed by atoms with Crippen molar-refractivity contribution in [2.45, 2.75) is 19.1 Å². The van der Waals surface area contributed by atoms with Gasteiger partial charge in [0.2, 0.25) is 0 Å². The van der Waals surface area contributed by atoms with Gasteiger partial charge in [0.05, 0.1) is 11.6 Å². The third kappa shape index (κ3) is 3.45. The number of aryl methyl sites for hydroxylation is 1. The van der Waals surface area contributed by atoms with E-state index in [-0.39, 0.29) is 11.9 Å². The molecule has 0 saturated carbocycles. The molecule has 0 radical (unpaired) electrons. The number of aromatic nitrogens is 1. The monoisotopic (exact) mass is 296 g/mol. The van der Waals surface area contributed by atoms with Gasteiger partial charge in [0.15, 0.2) is 0 Å². The van der Waals surface area contributed by atoms with Crippen molar-refractivity contribution < 1.29 is 18.0 Å². The third-order valence-electron chi connectivity index (χ3n) is 3.26. The number of nitrogens with one attached hydrogen (secondary N) is 1. The maximum absolute atomic E-state index is 12.5. The lowest BCUT2D eigenvalue weighted by molar-refractivity contribution is -0.137. The molecular formula is C15H15F3N2O. The zero-order chi connectivity index (χ0) is 15.6. The Morgan fingerprint density at radius 3 is 2.29 bits per heavy atom. The van der Waals surface area contributed by atoms with Crippen LogP contribution in [0.25, 0.3) is 0 Å². The van der Waals surface area contributed by atoms with E-state index in [1.807, 2.05) is 0 Å². The van der Waals surface area contributed by atoms with Crippen LogP contribution in [0.2, 0.25) is 0 Å². The average molecular weight is 296 g/mol. The molecule has 0 spiro atoms. The van der Waals surface area contributed by atoms with Crippen molar-refractivity contribution >= 4 is 5.91 Å². The summed E-state index contributed by atoms with van der Waals surface area (Å²) in [6.45, 7) is 1.73. The number of carbonyl (C=O) groups excluding carboxylic acids is 1. The Kier molecular flexibility index (Phi) is 4.06. The Morgan fingerprint density at radius 2 is 1.81 bits per heavy atom. The highest BCUT2D eigenvalue weighted by Gasteiger charge is 2.30. The summed E-state index contributed by atoms with van der Waals surface area (Å²) in [5, 5.41) is 2.76. The van der Waals surface area contributed by atoms with Gasteiger partial charge in [-0.3, -0.25) is 4.79 Å². The molecule has 1 N–H and O–H groups in total. The molecule has 0 fully saturated rings. The van der Waals surface area contributed by atoms with Crippen LogP contribution in [0.1, 0.15) is 34.6 Å². The van der Waals surface area contributed by atoms with E-state index in [1.54, 1.807) is 36.9 Å². The summed E-state index contributed by atoms with van der Waals surface area (Å²) in [7, 11) is 1.75. The fourth-order valence-corrected chi connectivity index (χ4v) is 2.01. The minimum absolute atomic E-state index is 0.269. The van der Waals surface area contributed by atoms with Gasteiger partial charge in [-0.2, -0.15) is 13.2 Å². The van der Waals surface area contributed by atoms with Gasteiger partial charge in [-0.25, -0.2) is 0 Å². The predicted molar refractivity (Wildman–Crippen MR) is 72.7 cm³/mol. The van der Waals surface area contributed by atoms with Crippen LogP contribution in [0.3, 0.4) is 0 Å². The maximum Gasteiger partial charge on any atom is 0.416 e. The van der Waals surface area contributed by atoms with Gasteiger partial charge in [0, 0.05) is 13.2 Å². The summed E-state index contributed by atoms with van der Waals surface area (Å²) in [5.74, 6) is -0.269. The second-order valence-electron chi connectivity index (χ2n) is 4.82. The first kappa shape index (κ1) is 15.2. The van der Waals surface area contributed by atoms with Gasteiger partial charge in [-0.15, -0.1) is 0 Å². The van der Waals surface area contributed by atoms with Gasteiger partial charge >= 0.3 is 6.18 Å². The molecule has 112 valence electrons. The quantitative estimate of drug-likeness (QED) is 0.923. The van der Waals surface area contributed by atoms with Crippen LogP contribution in [0.5, 0.6) is 0 Å². The predicted octanol–water partition coefficient (Wildman–Crippen LogP) is 3.53. The molecule has 0 aliphatic heterocycles. The van der Waals surface area contributed by atoms with Crippen molar-refractivity contribution in [3.8, 4) is 0 Å². The molecule has 6 heteroatoms. The van der Waals surface area contributed by atoms with Crippen LogP contribution in [0.15, 0.2) is 42.6 Å². The SMILES string of the molecule is C[C@H](NC(=O)c1cccn1C)c1ccc(C(F)(F)F)cc1. The summed E-state index contributed by atoms with van der Waals surface area (Å²) in [6, 6.07) is 7.82. The van der Waals surface area contributed by atoms with Gasteiger partial charge in [-0.05, 0) is 36.8 Å². The molecule has 3 nitrogen and oxygen atoms in total. The second-order valence-corrected chi connectivity index (χ2v) is 4.82. The Morgan fingerprint density at radius 1 is 1.19 bits per heavy atom. The number of alkyl halides is 3. The molecule has 1 atom stereocenters. The Bertz CT molecular complexity index is 629. The normalized spacial score (nSPS) is 13.0. The van der Waals surface area contributed by atoms with Gasteiger partial charge in [-0.1, -0.05) is 12.1 Å². The minimum atomic E-state index is -4.35. The molecule has 2 rings (SSSR count). The summed E-state index contributed by atoms with van der Waals surface area (Å²) >= 11 is 0. The van der Waals surface area contributed by atoms with E-state index in [2.05, 4.69) is 5.32 Å². The molecule has 1 aromatic carbocycles. The fourth-order valence-electron chi connectivity index (χ4n) is 2.01. The zero-order valence-electron chi connectivity index (χ0n) is 11.6. The van der Waals surface area contributed by atoms with Crippen molar-refractivity contribution in [1.82, 2.24) is 9.88 Å². The standard InChI is InChI=1S/C15H15F3N2O/c1-10(19-14(21)13-4-3-9-20(13)2)11-5-7-12(8-6-11)15(16,17)18/h3-10H,1-2H3,(H,19,21)/t10-/m0/s1. The van der Waals surface area contributed by atoms with Crippen molar-refractivity contribution in [3.05, 3.63) is 59.4 Å². The highest BCUT2D eigenvalue weighted by atomic mass is 19.4. The van der Waals surface area contributed by atoms with E-state index in [4.69, 9.17) is 0 Å². The van der Waals surface area contributed by atoms with Crippen molar-refractivity contribution in [2.24, 2.45) is 7.05 Å². The number of hydrogen-bond donors (Lipinski definition) is 1. The van der Waals surface area contributed by atoms with Crippen LogP contribution in [-0.2, 0) is 13.2 Å². The minimum Gasteiger partial charge on any atom is -0.347 e. The number of halogens is 3. The first-order valence-corrected chi connectivity index (χ1v) is 6.38. The third-order valence-corrected chi connectivity index (χ3v) is 3.26. The number of hydrogen-bond acceptors (Lipinski definition) is 1. The van der Waals surface area contributed by atoms with E-state index in [9.17, 15) is 18.0 Å². The van der Waals surface area contributed by atoms with Gasteiger partial charge in [0.25, 0.3) is 5.91 Å². The molecule has 1 aromatic heterocycles. The molecule has 21 heavy (non-hydrogen) atoms. The van der Waals surface area contributed by atoms with E-state index in [1.165, 1.54) is 12.1 Å². The largest absolute Gasteiger partial charge is 0.416 e. The average Bonchev–Trinajstić information content (AvgIpc) is 2.84. The van der Waals surface area contributed by atoms with Gasteiger partial charge in [0.1, 0.15) is 5.69 Å². The second kappa shape index (κ2) is 5.63. The van der Waals surface area contributed by atoms with Crippen LogP contribution in [0.4, 0.5) is 13.2 Å². The highest BCUT2D eigenvalue weighted by molar-refractivity contribution is 5.92. The molecule has 0 aliphatic carbocycles. The Labute approximate surface area is 120 Å². The van der Waals surface area contributed by atoms with Crippen LogP contribution >= 0.6 is 0 Å². The topological polar surface area (TPSA) is 34.0 Å². The van der Waals surface area contributed by atoms with Crippen molar-refractivity contribution in [3.63, 3.8) is 0 Å². The van der Waals surface area contributed by atoms with E-state index in [0.29, 0.717) is 11.3 Å². The molecule has 2 aromatic rings. The Hall–Kier alpha value is -2.24. The number of carbonyl (C=O) groups is 1. The van der Waals surface area contributed by atoms with Crippen molar-refractivity contribution in [2.75, 3.05) is 0 Å². The lowest BCUT2D eigenvalue weighted by Crippen LogP contribution is -2.28. The smallest absolute Gasteiger partial charge is 0.347 e. The van der Waals surface area contributed by atoms with E-state index < -0.39 is 11.7 Å². The molecule has 0 bridgehead atoms. The molecule has 0 saturated heterocycles. The van der Waals surface area contributed by atoms with E-state index >= 15 is 0 Å². The summed E-state index contributed by atoms with van der Waals surface area (Å²) < 4.78 is 39.1. The van der Waals surface area contributed by atoms with Crippen LogP contribution in [0, 0.1) is 0 Å². The van der Waals surface area contributed by atoms with E-state index in [0.717, 1.165) is 12.1 Å². The fraction of sp³-hybridized carbons (Fsp3) is 0.267. The van der Waals surface area contributed by atoms with Gasteiger partial charge < -0.3 is 9.88 Å². The first-order chi connectivity index (χ1) is 9.79. The molecule has 1 amide bonds. The molecule has 0 aliphatic rings. The lowest BCUT2D eigenvalue weighted by atomic mass is 10.1. The molecule has 1 heterocycles. The summed E-state index contributed by atoms with van der Waals surface area (Å²) in [6.07, 6.45) is -2.61. The maximum atomic E-state index is 12.5. The zero-order valence-corrected chi connectivity index (χ0v) is 11.6. The molecule has 0 unspecified atom stereocenters. The first-order valence-electron chi connectivity index (χ1n) is 6.38. The number of rotatable bonds is 3. The summed E-state index contributed by atoms with van der Waals surface area (Å²) in [4.78, 5) is 12.0. The highest BCUT2D eigenvalue weighted by Crippen LogP contribution is 2.29. The number of nitrogens with zero attached hydrogens (tertiary/aromatic N) is 1. The van der Waals surface area contributed by atoms with Crippen LogP contribution in [-0.4, -0.2) is 10.5 Å². The number of benzene rings is 1. The molecular weight excluding hydrogens is 281 g/mol. The Balaban J connectivity index is 2.09. The number of amides is 1. The lowest BCUT2D eigenvalue weighted by Gasteiger charge is -2.15. The summed E-state index contributed by atoms with van der Waals surface area (Å²) in [5.41, 5.74) is 0.409. The van der Waals surface area contributed by atoms with Crippen LogP contribution < -0.4 is 5.32 Å².